The predicted octanol–water partition coefficient (Wildman–Crippen LogP) is 12.5. The molecule has 0 atom stereocenters. The minimum atomic E-state index is -3.67. The van der Waals surface area contributed by atoms with Crippen molar-refractivity contribution in [1.29, 1.82) is 0 Å². The molecule has 4 aromatic carbocycles. The predicted molar refractivity (Wildman–Crippen MR) is 214 cm³/mol. The molecule has 270 valence electrons. The van der Waals surface area contributed by atoms with Crippen LogP contribution in [0.4, 0.5) is 5.69 Å². The minimum Gasteiger partial charge on any atom is -0.706 e. The van der Waals surface area contributed by atoms with Crippen LogP contribution in [-0.4, -0.2) is 29.5 Å². The molecule has 0 heterocycles. The van der Waals surface area contributed by atoms with Crippen molar-refractivity contribution in [2.75, 3.05) is 6.26 Å². The van der Waals surface area contributed by atoms with Crippen LogP contribution in [0.5, 0.6) is 0 Å². The number of nitrogens with one attached hydrogen (secondary N) is 1. The van der Waals surface area contributed by atoms with E-state index in [1.165, 1.54) is 27.8 Å². The summed E-state index contributed by atoms with van der Waals surface area (Å²) in [6.45, 7) is 28.7. The van der Waals surface area contributed by atoms with Crippen LogP contribution in [0.1, 0.15) is 118 Å². The summed E-state index contributed by atoms with van der Waals surface area (Å²) in [4.78, 5) is 0. The zero-order valence-corrected chi connectivity index (χ0v) is 35.2. The van der Waals surface area contributed by atoms with E-state index in [9.17, 15) is 8.42 Å². The summed E-state index contributed by atoms with van der Waals surface area (Å²) in [5.74, 6) is 1.56. The molecule has 2 N–H and O–H groups in total. The first kappa shape index (κ1) is 44.7. The van der Waals surface area contributed by atoms with Gasteiger partial charge in [0.2, 0.25) is 0 Å². The SMILES string of the molecule is CC(C)c1cc(C(C)C)c(-c2ccccc2[PH+](C(C)(C)C)C(C)(C)C)c(C(C)C)c1.CS(=O)(=O)O.[NH-]c1ccccc1-c1[c-]cccc1.[Pd+2]. The van der Waals surface area contributed by atoms with Gasteiger partial charge in [0, 0.05) is 13.5 Å². The van der Waals surface area contributed by atoms with Crippen molar-refractivity contribution in [3.63, 3.8) is 0 Å². The van der Waals surface area contributed by atoms with Crippen LogP contribution in [0.2, 0.25) is 0 Å². The Hall–Kier alpha value is -2.32. The molecule has 0 fully saturated rings. The van der Waals surface area contributed by atoms with E-state index in [-0.39, 0.29) is 30.7 Å². The summed E-state index contributed by atoms with van der Waals surface area (Å²) < 4.78 is 25.9. The Morgan fingerprint density at radius 1 is 0.694 bits per heavy atom. The minimum absolute atomic E-state index is 0. The maximum absolute atomic E-state index is 9.19. The molecule has 0 aliphatic heterocycles. The number of hydrogen-bond donors (Lipinski definition) is 1. The van der Waals surface area contributed by atoms with Crippen LogP contribution >= 0.6 is 7.92 Å². The van der Waals surface area contributed by atoms with Gasteiger partial charge in [0.15, 0.2) is 0 Å². The second kappa shape index (κ2) is 18.8. The molecule has 0 saturated heterocycles. The van der Waals surface area contributed by atoms with E-state index >= 15 is 0 Å². The molecule has 4 aromatic rings. The first-order chi connectivity index (χ1) is 22.0. The molecule has 0 unspecified atom stereocenters. The van der Waals surface area contributed by atoms with Gasteiger partial charge in [0.05, 0.1) is 16.6 Å². The van der Waals surface area contributed by atoms with Gasteiger partial charge in [-0.2, -0.15) is 14.1 Å². The number of benzene rings is 4. The van der Waals surface area contributed by atoms with E-state index in [1.54, 1.807) is 11.4 Å². The second-order valence-corrected chi connectivity index (χ2v) is 21.3. The Morgan fingerprint density at radius 3 is 1.51 bits per heavy atom. The third-order valence-electron chi connectivity index (χ3n) is 8.02. The van der Waals surface area contributed by atoms with Crippen molar-refractivity contribution in [2.45, 2.75) is 111 Å². The average Bonchev–Trinajstić information content (AvgIpc) is 2.95. The molecule has 0 saturated carbocycles. The van der Waals surface area contributed by atoms with Crippen LogP contribution in [0, 0.1) is 6.07 Å². The summed E-state index contributed by atoms with van der Waals surface area (Å²) >= 11 is 0. The first-order valence-corrected chi connectivity index (χ1v) is 20.2. The van der Waals surface area contributed by atoms with E-state index in [4.69, 9.17) is 10.3 Å². The zero-order chi connectivity index (χ0) is 36.6. The Kier molecular flexibility index (Phi) is 17.1. The number of hydrogen-bond acceptors (Lipinski definition) is 2. The van der Waals surface area contributed by atoms with Gasteiger partial charge >= 0.3 is 20.4 Å². The fourth-order valence-electron chi connectivity index (χ4n) is 6.40. The smallest absolute Gasteiger partial charge is 0.706 e. The number of rotatable bonds is 6. The normalized spacial score (nSPS) is 11.9. The maximum atomic E-state index is 9.19. The van der Waals surface area contributed by atoms with Crippen LogP contribution < -0.4 is 5.30 Å². The Bertz CT molecular complexity index is 1670. The Balaban J connectivity index is 0.000000517. The fourth-order valence-corrected chi connectivity index (χ4v) is 11.0. The quantitative estimate of drug-likeness (QED) is 0.0914. The van der Waals surface area contributed by atoms with Crippen LogP contribution in [0.25, 0.3) is 28.0 Å². The van der Waals surface area contributed by atoms with Crippen molar-refractivity contribution in [1.82, 2.24) is 0 Å². The molecule has 0 radical (unpaired) electrons. The van der Waals surface area contributed by atoms with Gasteiger partial charge in [0.1, 0.15) is 5.30 Å². The molecule has 0 aromatic heterocycles. The summed E-state index contributed by atoms with van der Waals surface area (Å²) in [6.07, 6.45) is 0.715. The maximum Gasteiger partial charge on any atom is 2.00 e. The molecule has 0 amide bonds. The third kappa shape index (κ3) is 13.7. The molecule has 7 heteroatoms. The van der Waals surface area contributed by atoms with E-state index in [0.717, 1.165) is 11.1 Å². The topological polar surface area (TPSA) is 78.2 Å². The summed E-state index contributed by atoms with van der Waals surface area (Å²) in [5, 5.41) is 2.17. The van der Waals surface area contributed by atoms with Crippen LogP contribution in [0.15, 0.2) is 84.9 Å². The van der Waals surface area contributed by atoms with Crippen molar-refractivity contribution in [3.8, 4) is 22.3 Å². The van der Waals surface area contributed by atoms with E-state index < -0.39 is 18.0 Å². The summed E-state index contributed by atoms with van der Waals surface area (Å²) in [7, 11) is -4.51. The molecule has 0 bridgehead atoms. The fraction of sp³-hybridized carbons (Fsp3) is 0.429. The van der Waals surface area contributed by atoms with E-state index in [1.807, 2.05) is 42.5 Å². The van der Waals surface area contributed by atoms with Gasteiger partial charge < -0.3 is 5.73 Å². The monoisotopic (exact) mass is 794 g/mol. The standard InChI is InChI=1S/C29H45P.C12H9N.CH4O3S.Pd/c1-19(2)22-17-24(20(3)4)27(25(18-22)21(5)6)23-15-13-14-16-26(23)30(28(7,8)9)29(10,11)12;13-12-9-5-4-8-11(12)10-6-2-1-3-7-10;1-5(2,3)4;/h13-21H,1-12H3;1-6,8-9,13H;1H3,(H,2,3,4);/q;-2;;+2/p+1. The Labute approximate surface area is 313 Å². The van der Waals surface area contributed by atoms with Crippen LogP contribution in [-0.2, 0) is 30.5 Å². The van der Waals surface area contributed by atoms with Crippen molar-refractivity contribution in [3.05, 3.63) is 113 Å². The van der Waals surface area contributed by atoms with Crippen molar-refractivity contribution in [2.24, 2.45) is 0 Å². The molecule has 49 heavy (non-hydrogen) atoms. The second-order valence-electron chi connectivity index (χ2n) is 15.5. The largest absolute Gasteiger partial charge is 2.00 e. The van der Waals surface area contributed by atoms with Gasteiger partial charge in [-0.3, -0.25) is 4.55 Å². The van der Waals surface area contributed by atoms with Gasteiger partial charge in [-0.05, 0) is 87.6 Å². The van der Waals surface area contributed by atoms with Gasteiger partial charge in [-0.15, -0.1) is 41.5 Å². The van der Waals surface area contributed by atoms with Crippen molar-refractivity contribution < 1.29 is 33.4 Å². The first-order valence-electron chi connectivity index (χ1n) is 16.9. The molecule has 4 rings (SSSR count). The molecule has 0 aliphatic carbocycles. The van der Waals surface area contributed by atoms with Gasteiger partial charge in [-0.25, -0.2) is 0 Å². The van der Waals surface area contributed by atoms with E-state index in [2.05, 4.69) is 126 Å². The Morgan fingerprint density at radius 2 is 1.12 bits per heavy atom. The molecular weight excluding hydrogens is 736 g/mol. The molecule has 0 spiro atoms. The summed E-state index contributed by atoms with van der Waals surface area (Å²) in [5.41, 5.74) is 17.6. The van der Waals surface area contributed by atoms with Crippen molar-refractivity contribution >= 4 is 29.0 Å². The zero-order valence-electron chi connectivity index (χ0n) is 31.8. The van der Waals surface area contributed by atoms with E-state index in [0.29, 0.717) is 29.7 Å². The molecular formula is C42H59NO3PPdS+. The van der Waals surface area contributed by atoms with Crippen LogP contribution in [0.3, 0.4) is 0 Å². The molecule has 4 nitrogen and oxygen atoms in total. The third-order valence-corrected chi connectivity index (χ3v) is 12.0. The summed E-state index contributed by atoms with van der Waals surface area (Å²) in [6, 6.07) is 32.7. The average molecular weight is 795 g/mol. The van der Waals surface area contributed by atoms with Gasteiger partial charge in [-0.1, -0.05) is 96.1 Å². The van der Waals surface area contributed by atoms with Gasteiger partial charge in [0.25, 0.3) is 10.1 Å². The molecule has 0 aliphatic rings.